The summed E-state index contributed by atoms with van der Waals surface area (Å²) in [5.41, 5.74) is 0.710. The predicted molar refractivity (Wildman–Crippen MR) is 106 cm³/mol. The van der Waals surface area contributed by atoms with E-state index in [9.17, 15) is 9.59 Å². The van der Waals surface area contributed by atoms with E-state index in [1.54, 1.807) is 48.5 Å². The maximum atomic E-state index is 12.4. The lowest BCUT2D eigenvalue weighted by Crippen LogP contribution is -2.14. The second kappa shape index (κ2) is 10.8. The molecule has 0 bridgehead atoms. The minimum Gasteiger partial charge on any atom is -0.494 e. The lowest BCUT2D eigenvalue weighted by Gasteiger charge is -2.07. The van der Waals surface area contributed by atoms with E-state index in [0.29, 0.717) is 35.8 Å². The molecular formula is C21H23BrO4. The van der Waals surface area contributed by atoms with Crippen LogP contribution in [0.25, 0.3) is 0 Å². The number of ether oxygens (including phenoxy) is 2. The van der Waals surface area contributed by atoms with Crippen molar-refractivity contribution in [2.24, 2.45) is 0 Å². The van der Waals surface area contributed by atoms with Gasteiger partial charge < -0.3 is 9.47 Å². The van der Waals surface area contributed by atoms with E-state index >= 15 is 0 Å². The van der Waals surface area contributed by atoms with Gasteiger partial charge in [0.2, 0.25) is 11.6 Å². The molecule has 2 rings (SSSR count). The molecule has 138 valence electrons. The largest absolute Gasteiger partial charge is 0.494 e. The van der Waals surface area contributed by atoms with Gasteiger partial charge in [0.05, 0.1) is 13.2 Å². The number of Topliss-reactive ketones (excluding diaryl/α,β-unsaturated/α-hetero) is 2. The number of ketones is 2. The fourth-order valence-corrected chi connectivity index (χ4v) is 2.48. The van der Waals surface area contributed by atoms with Crippen LogP contribution >= 0.6 is 15.9 Å². The maximum absolute atomic E-state index is 12.4. The van der Waals surface area contributed by atoms with Crippen molar-refractivity contribution in [3.63, 3.8) is 0 Å². The highest BCUT2D eigenvalue weighted by atomic mass is 79.9. The molecule has 0 aliphatic heterocycles. The van der Waals surface area contributed by atoms with Crippen LogP contribution in [0.4, 0.5) is 0 Å². The average Bonchev–Trinajstić information content (AvgIpc) is 2.68. The standard InChI is InChI=1S/C21H23BrO4/c1-2-3-14-25-18-9-5-16(6-10-18)20(23)21(24)17-7-11-19(12-8-17)26-15-4-13-22/h5-12H,2-4,13-15H2,1H3. The minimum absolute atomic E-state index is 0.353. The highest BCUT2D eigenvalue weighted by Gasteiger charge is 2.18. The van der Waals surface area contributed by atoms with Crippen molar-refractivity contribution in [2.45, 2.75) is 26.2 Å². The Bertz CT molecular complexity index is 644. The van der Waals surface area contributed by atoms with Gasteiger partial charge in [0.15, 0.2) is 0 Å². The summed E-state index contributed by atoms with van der Waals surface area (Å²) in [7, 11) is 0. The number of hydrogen-bond donors (Lipinski definition) is 0. The SMILES string of the molecule is CCCCOc1ccc(C(=O)C(=O)c2ccc(OCCCBr)cc2)cc1. The van der Waals surface area contributed by atoms with E-state index < -0.39 is 11.6 Å². The number of benzene rings is 2. The highest BCUT2D eigenvalue weighted by Crippen LogP contribution is 2.17. The molecule has 0 radical (unpaired) electrons. The molecule has 0 saturated carbocycles. The molecule has 2 aromatic carbocycles. The zero-order chi connectivity index (χ0) is 18.8. The fraction of sp³-hybridized carbons (Fsp3) is 0.333. The molecule has 0 aromatic heterocycles. The number of alkyl halides is 1. The summed E-state index contributed by atoms with van der Waals surface area (Å²) < 4.78 is 11.1. The van der Waals surface area contributed by atoms with Gasteiger partial charge in [0.1, 0.15) is 11.5 Å². The third-order valence-electron chi connectivity index (χ3n) is 3.75. The van der Waals surface area contributed by atoms with Crippen LogP contribution in [0.5, 0.6) is 11.5 Å². The van der Waals surface area contributed by atoms with Crippen LogP contribution in [0.2, 0.25) is 0 Å². The van der Waals surface area contributed by atoms with Crippen LogP contribution in [-0.4, -0.2) is 30.1 Å². The molecular weight excluding hydrogens is 396 g/mol. The normalized spacial score (nSPS) is 10.4. The van der Waals surface area contributed by atoms with Gasteiger partial charge in [-0.1, -0.05) is 29.3 Å². The Kier molecular flexibility index (Phi) is 8.35. The Hall–Kier alpha value is -2.14. The summed E-state index contributed by atoms with van der Waals surface area (Å²) in [6.07, 6.45) is 2.94. The monoisotopic (exact) mass is 418 g/mol. The molecule has 0 heterocycles. The predicted octanol–water partition coefficient (Wildman–Crippen LogP) is 5.09. The first-order valence-corrected chi connectivity index (χ1v) is 9.88. The second-order valence-electron chi connectivity index (χ2n) is 5.80. The molecule has 26 heavy (non-hydrogen) atoms. The summed E-state index contributed by atoms with van der Waals surface area (Å²) in [5, 5.41) is 0.876. The van der Waals surface area contributed by atoms with E-state index in [2.05, 4.69) is 22.9 Å². The molecule has 0 unspecified atom stereocenters. The number of carbonyl (C=O) groups excluding carboxylic acids is 2. The molecule has 0 amide bonds. The Morgan fingerprint density at radius 2 is 1.19 bits per heavy atom. The molecule has 0 aliphatic rings. The number of unbranched alkanes of at least 4 members (excludes halogenated alkanes) is 1. The fourth-order valence-electron chi connectivity index (χ4n) is 2.25. The van der Waals surface area contributed by atoms with E-state index in [4.69, 9.17) is 9.47 Å². The van der Waals surface area contributed by atoms with Gasteiger partial charge in [0.25, 0.3) is 0 Å². The maximum Gasteiger partial charge on any atom is 0.233 e. The van der Waals surface area contributed by atoms with Gasteiger partial charge in [-0.2, -0.15) is 0 Å². The first kappa shape index (κ1) is 20.2. The van der Waals surface area contributed by atoms with E-state index in [1.165, 1.54) is 0 Å². The van der Waals surface area contributed by atoms with Crippen LogP contribution in [0.15, 0.2) is 48.5 Å². The second-order valence-corrected chi connectivity index (χ2v) is 6.59. The summed E-state index contributed by atoms with van der Waals surface area (Å²) in [4.78, 5) is 24.8. The Morgan fingerprint density at radius 1 is 0.769 bits per heavy atom. The third-order valence-corrected chi connectivity index (χ3v) is 4.31. The van der Waals surface area contributed by atoms with E-state index in [0.717, 1.165) is 24.6 Å². The van der Waals surface area contributed by atoms with Crippen LogP contribution < -0.4 is 9.47 Å². The summed E-state index contributed by atoms with van der Waals surface area (Å²) in [5.74, 6) is 0.325. The molecule has 4 nitrogen and oxygen atoms in total. The first-order chi connectivity index (χ1) is 12.7. The first-order valence-electron chi connectivity index (χ1n) is 8.76. The lowest BCUT2D eigenvalue weighted by molar-refractivity contribution is 0.0817. The summed E-state index contributed by atoms with van der Waals surface area (Å²) in [6, 6.07) is 13.3. The molecule has 5 heteroatoms. The van der Waals surface area contributed by atoms with Crippen molar-refractivity contribution < 1.29 is 19.1 Å². The van der Waals surface area contributed by atoms with E-state index in [-0.39, 0.29) is 0 Å². The third kappa shape index (κ3) is 5.99. The molecule has 0 aliphatic carbocycles. The van der Waals surface area contributed by atoms with Crippen LogP contribution in [0.3, 0.4) is 0 Å². The number of carbonyl (C=O) groups is 2. The van der Waals surface area contributed by atoms with Gasteiger partial charge in [-0.25, -0.2) is 0 Å². The van der Waals surface area contributed by atoms with Crippen LogP contribution in [-0.2, 0) is 0 Å². The highest BCUT2D eigenvalue weighted by molar-refractivity contribution is 9.09. The molecule has 0 fully saturated rings. The average molecular weight is 419 g/mol. The van der Waals surface area contributed by atoms with Gasteiger partial charge in [-0.15, -0.1) is 0 Å². The summed E-state index contributed by atoms with van der Waals surface area (Å²) >= 11 is 3.34. The van der Waals surface area contributed by atoms with Crippen LogP contribution in [0, 0.1) is 0 Å². The van der Waals surface area contributed by atoms with Crippen molar-refractivity contribution in [1.82, 2.24) is 0 Å². The van der Waals surface area contributed by atoms with Gasteiger partial charge in [0, 0.05) is 16.5 Å². The quantitative estimate of drug-likeness (QED) is 0.220. The van der Waals surface area contributed by atoms with Crippen LogP contribution in [0.1, 0.15) is 46.9 Å². The molecule has 0 N–H and O–H groups in total. The molecule has 0 saturated heterocycles. The van der Waals surface area contributed by atoms with Gasteiger partial charge in [-0.05, 0) is 61.4 Å². The number of halogens is 1. The van der Waals surface area contributed by atoms with Crippen molar-refractivity contribution in [1.29, 1.82) is 0 Å². The lowest BCUT2D eigenvalue weighted by atomic mass is 10.0. The molecule has 0 spiro atoms. The van der Waals surface area contributed by atoms with Gasteiger partial charge in [-0.3, -0.25) is 9.59 Å². The van der Waals surface area contributed by atoms with Crippen molar-refractivity contribution in [2.75, 3.05) is 18.5 Å². The number of hydrogen-bond acceptors (Lipinski definition) is 4. The van der Waals surface area contributed by atoms with Crippen molar-refractivity contribution in [3.05, 3.63) is 59.7 Å². The Labute approximate surface area is 162 Å². The van der Waals surface area contributed by atoms with Gasteiger partial charge >= 0.3 is 0 Å². The topological polar surface area (TPSA) is 52.6 Å². The smallest absolute Gasteiger partial charge is 0.233 e. The Balaban J connectivity index is 1.96. The van der Waals surface area contributed by atoms with E-state index in [1.807, 2.05) is 0 Å². The van der Waals surface area contributed by atoms with Crippen molar-refractivity contribution >= 4 is 27.5 Å². The Morgan fingerprint density at radius 3 is 1.58 bits per heavy atom. The zero-order valence-electron chi connectivity index (χ0n) is 14.9. The van der Waals surface area contributed by atoms with Crippen molar-refractivity contribution in [3.8, 4) is 11.5 Å². The molecule has 2 aromatic rings. The molecule has 0 atom stereocenters. The minimum atomic E-state index is -0.531. The summed E-state index contributed by atoms with van der Waals surface area (Å²) in [6.45, 7) is 3.34. The number of rotatable bonds is 11. The zero-order valence-corrected chi connectivity index (χ0v) is 16.5.